The van der Waals surface area contributed by atoms with E-state index in [1.54, 1.807) is 0 Å². The molecular weight excluding hydrogens is 299 g/mol. The third-order valence-corrected chi connectivity index (χ3v) is 3.11. The second-order valence-electron chi connectivity index (χ2n) is 4.23. The number of hydrogen-bond donors (Lipinski definition) is 0. The third-order valence-electron chi connectivity index (χ3n) is 2.31. The first-order valence-corrected chi connectivity index (χ1v) is 6.90. The van der Waals surface area contributed by atoms with Gasteiger partial charge in [-0.25, -0.2) is 0 Å². The first-order valence-electron chi connectivity index (χ1n) is 5.38. The lowest BCUT2D eigenvalue weighted by Gasteiger charge is -2.19. The van der Waals surface area contributed by atoms with E-state index >= 15 is 0 Å². The van der Waals surface area contributed by atoms with Crippen molar-refractivity contribution in [3.8, 4) is 0 Å². The predicted molar refractivity (Wildman–Crippen MR) is 73.6 cm³/mol. The number of hydrogen-bond acceptors (Lipinski definition) is 1. The molecule has 2 heteroatoms. The van der Waals surface area contributed by atoms with E-state index in [2.05, 4.69) is 67.6 Å². The van der Waals surface area contributed by atoms with Crippen molar-refractivity contribution in [2.24, 2.45) is 5.92 Å². The molecule has 1 aromatic carbocycles. The normalized spacial score (nSPS) is 13.1. The quantitative estimate of drug-likeness (QED) is 0.585. The number of alkyl halides is 1. The molecular formula is C13H19IO. The van der Waals surface area contributed by atoms with Crippen molar-refractivity contribution < 1.29 is 4.74 Å². The van der Waals surface area contributed by atoms with Gasteiger partial charge < -0.3 is 4.74 Å². The van der Waals surface area contributed by atoms with E-state index in [1.165, 1.54) is 11.1 Å². The van der Waals surface area contributed by atoms with Crippen molar-refractivity contribution in [1.29, 1.82) is 0 Å². The van der Waals surface area contributed by atoms with Crippen LogP contribution in [0.5, 0.6) is 0 Å². The summed E-state index contributed by atoms with van der Waals surface area (Å²) >= 11 is 2.39. The molecule has 0 fully saturated rings. The molecule has 0 radical (unpaired) electrons. The second-order valence-corrected chi connectivity index (χ2v) is 5.11. The van der Waals surface area contributed by atoms with E-state index in [1.807, 2.05) is 0 Å². The number of aryl methyl sites for hydroxylation is 1. The summed E-state index contributed by atoms with van der Waals surface area (Å²) in [5.74, 6) is 0.597. The van der Waals surface area contributed by atoms with Gasteiger partial charge in [-0.2, -0.15) is 0 Å². The summed E-state index contributed by atoms with van der Waals surface area (Å²) in [4.78, 5) is 0. The average molecular weight is 318 g/mol. The molecule has 0 N–H and O–H groups in total. The Morgan fingerprint density at radius 2 is 1.93 bits per heavy atom. The molecule has 0 amide bonds. The van der Waals surface area contributed by atoms with Crippen LogP contribution in [0.25, 0.3) is 0 Å². The minimum atomic E-state index is 0.245. The Kier molecular flexibility index (Phi) is 5.61. The topological polar surface area (TPSA) is 9.23 Å². The third kappa shape index (κ3) is 4.11. The lowest BCUT2D eigenvalue weighted by molar-refractivity contribution is 0.0514. The van der Waals surface area contributed by atoms with Gasteiger partial charge in [0.1, 0.15) is 0 Å². The van der Waals surface area contributed by atoms with Crippen LogP contribution in [0.2, 0.25) is 0 Å². The van der Waals surface area contributed by atoms with Gasteiger partial charge in [0.05, 0.1) is 6.10 Å². The SMILES string of the molecule is Cc1ccccc1C(CI)OCC(C)C. The van der Waals surface area contributed by atoms with Gasteiger partial charge in [0.15, 0.2) is 0 Å². The van der Waals surface area contributed by atoms with E-state index in [-0.39, 0.29) is 6.10 Å². The van der Waals surface area contributed by atoms with Crippen LogP contribution in [0, 0.1) is 12.8 Å². The molecule has 0 aromatic heterocycles. The van der Waals surface area contributed by atoms with E-state index < -0.39 is 0 Å². The standard InChI is InChI=1S/C13H19IO/c1-10(2)9-15-13(8-14)12-7-5-4-6-11(12)3/h4-7,10,13H,8-9H2,1-3H3. The van der Waals surface area contributed by atoms with Crippen LogP contribution < -0.4 is 0 Å². The van der Waals surface area contributed by atoms with Gasteiger partial charge in [-0.3, -0.25) is 0 Å². The zero-order valence-corrected chi connectivity index (χ0v) is 11.8. The summed E-state index contributed by atoms with van der Waals surface area (Å²) in [6.07, 6.45) is 0.245. The molecule has 0 heterocycles. The highest BCUT2D eigenvalue weighted by atomic mass is 127. The highest BCUT2D eigenvalue weighted by molar-refractivity contribution is 14.1. The van der Waals surface area contributed by atoms with E-state index in [0.717, 1.165) is 11.0 Å². The van der Waals surface area contributed by atoms with Crippen LogP contribution in [0.4, 0.5) is 0 Å². The van der Waals surface area contributed by atoms with Crippen molar-refractivity contribution in [3.05, 3.63) is 35.4 Å². The Morgan fingerprint density at radius 3 is 2.47 bits per heavy atom. The number of benzene rings is 1. The maximum atomic E-state index is 5.91. The summed E-state index contributed by atoms with van der Waals surface area (Å²) in [7, 11) is 0. The van der Waals surface area contributed by atoms with Crippen LogP contribution >= 0.6 is 22.6 Å². The molecule has 0 spiro atoms. The van der Waals surface area contributed by atoms with Crippen molar-refractivity contribution in [1.82, 2.24) is 0 Å². The molecule has 0 saturated carbocycles. The molecule has 84 valence electrons. The zero-order valence-electron chi connectivity index (χ0n) is 9.66. The Bertz CT molecular complexity index is 296. The molecule has 0 saturated heterocycles. The lowest BCUT2D eigenvalue weighted by Crippen LogP contribution is -2.11. The first kappa shape index (κ1) is 13.0. The van der Waals surface area contributed by atoms with Gasteiger partial charge in [0.25, 0.3) is 0 Å². The van der Waals surface area contributed by atoms with Gasteiger partial charge in [0, 0.05) is 11.0 Å². The van der Waals surface area contributed by atoms with Crippen LogP contribution in [0.15, 0.2) is 24.3 Å². The smallest absolute Gasteiger partial charge is 0.0916 e. The molecule has 1 aromatic rings. The maximum Gasteiger partial charge on any atom is 0.0916 e. The van der Waals surface area contributed by atoms with Crippen molar-refractivity contribution >= 4 is 22.6 Å². The minimum Gasteiger partial charge on any atom is -0.372 e. The molecule has 0 aliphatic rings. The van der Waals surface area contributed by atoms with Gasteiger partial charge in [0.2, 0.25) is 0 Å². The molecule has 1 unspecified atom stereocenters. The lowest BCUT2D eigenvalue weighted by atomic mass is 10.0. The highest BCUT2D eigenvalue weighted by Crippen LogP contribution is 2.23. The summed E-state index contributed by atoms with van der Waals surface area (Å²) < 4.78 is 6.92. The highest BCUT2D eigenvalue weighted by Gasteiger charge is 2.12. The summed E-state index contributed by atoms with van der Waals surface area (Å²) in [6, 6.07) is 8.47. The van der Waals surface area contributed by atoms with E-state index in [4.69, 9.17) is 4.74 Å². The Morgan fingerprint density at radius 1 is 1.27 bits per heavy atom. The van der Waals surface area contributed by atoms with Crippen molar-refractivity contribution in [2.75, 3.05) is 11.0 Å². The molecule has 1 atom stereocenters. The van der Waals surface area contributed by atoms with Crippen LogP contribution in [0.3, 0.4) is 0 Å². The molecule has 0 bridgehead atoms. The summed E-state index contributed by atoms with van der Waals surface area (Å²) in [5.41, 5.74) is 2.65. The number of halogens is 1. The van der Waals surface area contributed by atoms with Gasteiger partial charge in [-0.15, -0.1) is 0 Å². The largest absolute Gasteiger partial charge is 0.372 e. The fraction of sp³-hybridized carbons (Fsp3) is 0.538. The fourth-order valence-electron chi connectivity index (χ4n) is 1.47. The Balaban J connectivity index is 2.70. The molecule has 0 aliphatic carbocycles. The average Bonchev–Trinajstić information content (AvgIpc) is 2.21. The zero-order chi connectivity index (χ0) is 11.3. The predicted octanol–water partition coefficient (Wildman–Crippen LogP) is 4.14. The summed E-state index contributed by atoms with van der Waals surface area (Å²) in [6.45, 7) is 7.35. The molecule has 1 rings (SSSR count). The van der Waals surface area contributed by atoms with Gasteiger partial charge in [-0.05, 0) is 24.0 Å². The fourth-order valence-corrected chi connectivity index (χ4v) is 2.20. The van der Waals surface area contributed by atoms with Crippen LogP contribution in [0.1, 0.15) is 31.1 Å². The van der Waals surface area contributed by atoms with Crippen LogP contribution in [-0.2, 0) is 4.74 Å². The molecule has 1 nitrogen and oxygen atoms in total. The van der Waals surface area contributed by atoms with Gasteiger partial charge in [-0.1, -0.05) is 60.7 Å². The molecule has 15 heavy (non-hydrogen) atoms. The van der Waals surface area contributed by atoms with Crippen molar-refractivity contribution in [2.45, 2.75) is 26.9 Å². The first-order chi connectivity index (χ1) is 7.15. The second kappa shape index (κ2) is 6.48. The maximum absolute atomic E-state index is 5.91. The van der Waals surface area contributed by atoms with Gasteiger partial charge >= 0.3 is 0 Å². The van der Waals surface area contributed by atoms with E-state index in [0.29, 0.717) is 5.92 Å². The van der Waals surface area contributed by atoms with E-state index in [9.17, 15) is 0 Å². The monoisotopic (exact) mass is 318 g/mol. The minimum absolute atomic E-state index is 0.245. The summed E-state index contributed by atoms with van der Waals surface area (Å²) in [5, 5.41) is 0. The number of rotatable bonds is 5. The van der Waals surface area contributed by atoms with Crippen LogP contribution in [-0.4, -0.2) is 11.0 Å². The Hall–Kier alpha value is -0.0900. The molecule has 0 aliphatic heterocycles. The number of ether oxygens (including phenoxy) is 1. The Labute approximate surface area is 106 Å². The van der Waals surface area contributed by atoms with Crippen molar-refractivity contribution in [3.63, 3.8) is 0 Å².